The molecule has 0 radical (unpaired) electrons. The van der Waals surface area contributed by atoms with E-state index in [4.69, 9.17) is 0 Å². The van der Waals surface area contributed by atoms with Crippen molar-refractivity contribution in [2.45, 2.75) is 104 Å². The minimum atomic E-state index is -2.88. The monoisotopic (exact) mass is 566 g/mol. The van der Waals surface area contributed by atoms with Crippen LogP contribution >= 0.6 is 0 Å². The Labute approximate surface area is 240 Å². The van der Waals surface area contributed by atoms with Crippen LogP contribution in [0.2, 0.25) is 0 Å². The number of rotatable bonds is 3. The molecule has 1 saturated carbocycles. The van der Waals surface area contributed by atoms with E-state index in [1.165, 1.54) is 6.92 Å². The number of benzene rings is 1. The van der Waals surface area contributed by atoms with E-state index in [-0.39, 0.29) is 22.3 Å². The lowest BCUT2D eigenvalue weighted by Gasteiger charge is -2.63. The third-order valence-electron chi connectivity index (χ3n) is 11.4. The molecule has 4 aliphatic carbocycles. The Morgan fingerprint density at radius 1 is 1.00 bits per heavy atom. The van der Waals surface area contributed by atoms with Gasteiger partial charge in [-0.25, -0.2) is 0 Å². The maximum Gasteiger partial charge on any atom is 0.209 e. The van der Waals surface area contributed by atoms with Gasteiger partial charge in [-0.05, 0) is 42.6 Å². The fourth-order valence-electron chi connectivity index (χ4n) is 9.03. The van der Waals surface area contributed by atoms with Gasteiger partial charge in [-0.2, -0.15) is 0 Å². The first-order chi connectivity index (χ1) is 18.9. The second kappa shape index (κ2) is 9.01. The van der Waals surface area contributed by atoms with Crippen molar-refractivity contribution in [3.63, 3.8) is 0 Å². The van der Waals surface area contributed by atoms with Crippen LogP contribution in [0.15, 0.2) is 34.8 Å². The van der Waals surface area contributed by atoms with Gasteiger partial charge < -0.3 is 25.5 Å². The summed E-state index contributed by atoms with van der Waals surface area (Å²) in [5.41, 5.74) is -6.52. The SMILES string of the molecule is CC(=O)C1=C(O)C(C(C)C)[C@@]2(C)[C@H](O)[C@]3(C)C(=C(O)[C@@]2(O)C1=O)C(=O)c1c(ccc(C2(C)CCCCC2)c1O)[C@H]3C. The van der Waals surface area contributed by atoms with Crippen LogP contribution in [0.25, 0.3) is 0 Å². The number of carbonyl (C=O) groups excluding carboxylic acids is 3. The molecule has 1 unspecified atom stereocenters. The van der Waals surface area contributed by atoms with Gasteiger partial charge in [0.2, 0.25) is 5.78 Å². The Morgan fingerprint density at radius 3 is 2.12 bits per heavy atom. The van der Waals surface area contributed by atoms with E-state index in [0.717, 1.165) is 39.0 Å². The Balaban J connectivity index is 1.83. The molecule has 0 aliphatic heterocycles. The fourth-order valence-corrected chi connectivity index (χ4v) is 9.03. The predicted octanol–water partition coefficient (Wildman–Crippen LogP) is 5.10. The lowest BCUT2D eigenvalue weighted by atomic mass is 9.41. The third kappa shape index (κ3) is 3.32. The highest BCUT2D eigenvalue weighted by molar-refractivity contribution is 6.25. The summed E-state index contributed by atoms with van der Waals surface area (Å²) in [5.74, 6) is -6.73. The number of allylic oxidation sites excluding steroid dienone is 1. The van der Waals surface area contributed by atoms with Crippen LogP contribution < -0.4 is 0 Å². The topological polar surface area (TPSA) is 152 Å². The molecule has 0 spiro atoms. The molecule has 0 bridgehead atoms. The largest absolute Gasteiger partial charge is 0.511 e. The highest BCUT2D eigenvalue weighted by atomic mass is 16.4. The molecule has 0 saturated heterocycles. The maximum absolute atomic E-state index is 14.4. The number of ketones is 3. The van der Waals surface area contributed by atoms with Gasteiger partial charge in [0.15, 0.2) is 17.2 Å². The number of aromatic hydroxyl groups is 1. The number of carbonyl (C=O) groups is 3. The molecule has 8 nitrogen and oxygen atoms in total. The molecule has 1 aromatic carbocycles. The first-order valence-corrected chi connectivity index (χ1v) is 14.7. The van der Waals surface area contributed by atoms with E-state index in [2.05, 4.69) is 6.92 Å². The van der Waals surface area contributed by atoms with E-state index in [9.17, 15) is 39.9 Å². The van der Waals surface area contributed by atoms with Crippen LogP contribution in [0.1, 0.15) is 108 Å². The van der Waals surface area contributed by atoms with E-state index in [0.29, 0.717) is 11.1 Å². The van der Waals surface area contributed by atoms with Crippen molar-refractivity contribution in [1.82, 2.24) is 0 Å². The minimum Gasteiger partial charge on any atom is -0.511 e. The number of aliphatic hydroxyl groups excluding tert-OH is 3. The number of Topliss-reactive ketones (excluding diaryl/α,β-unsaturated/α-hetero) is 3. The molecule has 5 N–H and O–H groups in total. The van der Waals surface area contributed by atoms with Gasteiger partial charge in [-0.3, -0.25) is 14.4 Å². The molecule has 222 valence electrons. The summed E-state index contributed by atoms with van der Waals surface area (Å²) in [6.45, 7) is 11.4. The van der Waals surface area contributed by atoms with Crippen molar-refractivity contribution in [1.29, 1.82) is 0 Å². The highest BCUT2D eigenvalue weighted by Crippen LogP contribution is 2.67. The standard InChI is InChI=1S/C33H42O8/c1-15(2)22-25(36)20(17(4)34)27(38)33(41)28(39)23-26(37)21-18(16(3)31(23,6)29(40)32(22,33)7)11-12-19(24(21)35)30(5)13-9-8-10-14-30/h11-12,15-16,22,29,35-36,39-41H,8-10,13-14H2,1-7H3/t16-,22?,29-,31+,32+,33+/m1/s1. The van der Waals surface area contributed by atoms with Crippen molar-refractivity contribution >= 4 is 17.3 Å². The molecule has 1 aromatic rings. The number of hydrogen-bond acceptors (Lipinski definition) is 8. The molecule has 41 heavy (non-hydrogen) atoms. The van der Waals surface area contributed by atoms with Crippen LogP contribution in [0, 0.1) is 22.7 Å². The van der Waals surface area contributed by atoms with Crippen molar-refractivity contribution in [3.05, 3.63) is 51.5 Å². The maximum atomic E-state index is 14.4. The normalized spacial score (nSPS) is 36.7. The molecule has 1 fully saturated rings. The van der Waals surface area contributed by atoms with Crippen LogP contribution in [-0.4, -0.2) is 54.6 Å². The average Bonchev–Trinajstić information content (AvgIpc) is 2.89. The van der Waals surface area contributed by atoms with Gasteiger partial charge >= 0.3 is 0 Å². The second-order valence-corrected chi connectivity index (χ2v) is 13.9. The van der Waals surface area contributed by atoms with Crippen LogP contribution in [-0.2, 0) is 15.0 Å². The summed E-state index contributed by atoms with van der Waals surface area (Å²) in [5, 5.41) is 59.3. The average molecular weight is 567 g/mol. The first kappa shape index (κ1) is 29.5. The summed E-state index contributed by atoms with van der Waals surface area (Å²) in [6, 6.07) is 3.65. The van der Waals surface area contributed by atoms with Crippen LogP contribution in [0.3, 0.4) is 0 Å². The van der Waals surface area contributed by atoms with Crippen molar-refractivity contribution in [2.75, 3.05) is 0 Å². The molecule has 4 aliphatic rings. The minimum absolute atomic E-state index is 0.00549. The molecule has 0 amide bonds. The fraction of sp³-hybridized carbons (Fsp3) is 0.606. The van der Waals surface area contributed by atoms with Gasteiger partial charge in [0.25, 0.3) is 0 Å². The number of hydrogen-bond donors (Lipinski definition) is 5. The molecule has 5 rings (SSSR count). The first-order valence-electron chi connectivity index (χ1n) is 14.7. The number of phenols is 1. The van der Waals surface area contributed by atoms with E-state index < -0.39 is 74.7 Å². The summed E-state index contributed by atoms with van der Waals surface area (Å²) in [6.07, 6.45) is 3.17. The van der Waals surface area contributed by atoms with Crippen LogP contribution in [0.4, 0.5) is 0 Å². The highest BCUT2D eigenvalue weighted by Gasteiger charge is 2.76. The smallest absolute Gasteiger partial charge is 0.209 e. The zero-order valence-electron chi connectivity index (χ0n) is 25.0. The molecule has 0 heterocycles. The van der Waals surface area contributed by atoms with Gasteiger partial charge in [-0.1, -0.05) is 72.9 Å². The lowest BCUT2D eigenvalue weighted by Crippen LogP contribution is -2.73. The zero-order chi connectivity index (χ0) is 30.6. The van der Waals surface area contributed by atoms with Crippen molar-refractivity contribution in [2.24, 2.45) is 22.7 Å². The van der Waals surface area contributed by atoms with E-state index in [1.807, 2.05) is 6.07 Å². The molecular formula is C33H42O8. The van der Waals surface area contributed by atoms with Crippen LogP contribution in [0.5, 0.6) is 5.75 Å². The van der Waals surface area contributed by atoms with E-state index in [1.54, 1.807) is 33.8 Å². The number of aliphatic hydroxyl groups is 4. The summed E-state index contributed by atoms with van der Waals surface area (Å²) >= 11 is 0. The van der Waals surface area contributed by atoms with Gasteiger partial charge in [0.05, 0.1) is 17.2 Å². The quantitative estimate of drug-likeness (QED) is 0.317. The summed E-state index contributed by atoms with van der Waals surface area (Å²) in [7, 11) is 0. The molecular weight excluding hydrogens is 524 g/mol. The van der Waals surface area contributed by atoms with Gasteiger partial charge in [0.1, 0.15) is 22.8 Å². The predicted molar refractivity (Wildman–Crippen MR) is 152 cm³/mol. The molecule has 0 aromatic heterocycles. The van der Waals surface area contributed by atoms with Crippen molar-refractivity contribution < 1.29 is 39.9 Å². The second-order valence-electron chi connectivity index (χ2n) is 13.9. The Morgan fingerprint density at radius 2 is 1.59 bits per heavy atom. The number of fused-ring (bicyclic) bond motifs is 3. The molecule has 6 atom stereocenters. The van der Waals surface area contributed by atoms with Gasteiger partial charge in [0, 0.05) is 22.3 Å². The Kier molecular flexibility index (Phi) is 6.49. The van der Waals surface area contributed by atoms with Crippen molar-refractivity contribution in [3.8, 4) is 5.75 Å². The summed E-state index contributed by atoms with van der Waals surface area (Å²) in [4.78, 5) is 40.9. The lowest BCUT2D eigenvalue weighted by molar-refractivity contribution is -0.211. The number of phenolic OH excluding ortho intramolecular Hbond substituents is 1. The van der Waals surface area contributed by atoms with E-state index >= 15 is 0 Å². The Hall–Kier alpha value is -2.97. The summed E-state index contributed by atoms with van der Waals surface area (Å²) < 4.78 is 0. The Bertz CT molecular complexity index is 1440. The molecule has 8 heteroatoms. The van der Waals surface area contributed by atoms with Gasteiger partial charge in [-0.15, -0.1) is 0 Å². The third-order valence-corrected chi connectivity index (χ3v) is 11.4. The zero-order valence-corrected chi connectivity index (χ0v) is 25.0.